The van der Waals surface area contributed by atoms with Crippen molar-refractivity contribution in [3.05, 3.63) is 51.0 Å². The fourth-order valence-electron chi connectivity index (χ4n) is 4.35. The molecule has 2 N–H and O–H groups in total. The zero-order valence-electron chi connectivity index (χ0n) is 14.9. The van der Waals surface area contributed by atoms with Gasteiger partial charge in [-0.2, -0.15) is 0 Å². The van der Waals surface area contributed by atoms with Crippen LogP contribution >= 0.6 is 11.3 Å². The maximum absolute atomic E-state index is 12.8. The Morgan fingerprint density at radius 1 is 1.38 bits per heavy atom. The maximum atomic E-state index is 12.8. The van der Waals surface area contributed by atoms with E-state index in [-0.39, 0.29) is 28.2 Å². The number of nitrogens with zero attached hydrogens (tertiary/aromatic N) is 1. The number of fused-ring (bicyclic) bond motifs is 2. The molecule has 6 heteroatoms. The molecule has 0 aliphatic heterocycles. The Hall–Kier alpha value is -2.21. The summed E-state index contributed by atoms with van der Waals surface area (Å²) in [5.74, 6) is -0.907. The second kappa shape index (κ2) is 6.20. The minimum Gasteiger partial charge on any atom is -0.477 e. The van der Waals surface area contributed by atoms with E-state index in [1.165, 1.54) is 11.1 Å². The molecule has 1 spiro atoms. The standard InChI is InChI=1S/C20H22N2O3S/c1-11-16(19(24)25)26-18(22-11)12(2)21-17(23)15-10-20(15)9-5-7-13-6-3-4-8-14(13)20/h3-4,6,8,12,15H,5,7,9-10H2,1-2H3,(H,21,23)(H,24,25). The van der Waals surface area contributed by atoms with Crippen molar-refractivity contribution in [2.24, 2.45) is 5.92 Å². The summed E-state index contributed by atoms with van der Waals surface area (Å²) in [6, 6.07) is 8.21. The molecule has 26 heavy (non-hydrogen) atoms. The van der Waals surface area contributed by atoms with Gasteiger partial charge in [0.15, 0.2) is 0 Å². The van der Waals surface area contributed by atoms with Crippen LogP contribution in [-0.2, 0) is 16.6 Å². The van der Waals surface area contributed by atoms with E-state index in [0.717, 1.165) is 37.0 Å². The Morgan fingerprint density at radius 3 is 2.88 bits per heavy atom. The van der Waals surface area contributed by atoms with Crippen molar-refractivity contribution >= 4 is 23.2 Å². The van der Waals surface area contributed by atoms with Crippen LogP contribution in [0.4, 0.5) is 0 Å². The topological polar surface area (TPSA) is 79.3 Å². The molecule has 136 valence electrons. The van der Waals surface area contributed by atoms with Gasteiger partial charge in [0, 0.05) is 11.3 Å². The summed E-state index contributed by atoms with van der Waals surface area (Å²) >= 11 is 1.14. The third kappa shape index (κ3) is 2.72. The summed E-state index contributed by atoms with van der Waals surface area (Å²) in [6.45, 7) is 3.55. The fraction of sp³-hybridized carbons (Fsp3) is 0.450. The number of carboxylic acids is 1. The van der Waals surface area contributed by atoms with E-state index in [2.05, 4.69) is 34.6 Å². The molecule has 1 heterocycles. The molecule has 3 atom stereocenters. The highest BCUT2D eigenvalue weighted by Gasteiger charge is 2.60. The lowest BCUT2D eigenvalue weighted by Crippen LogP contribution is -2.32. The highest BCUT2D eigenvalue weighted by molar-refractivity contribution is 7.13. The summed E-state index contributed by atoms with van der Waals surface area (Å²) in [6.07, 6.45) is 4.19. The molecule has 1 fully saturated rings. The van der Waals surface area contributed by atoms with E-state index in [4.69, 9.17) is 0 Å². The van der Waals surface area contributed by atoms with Gasteiger partial charge in [-0.25, -0.2) is 9.78 Å². The van der Waals surface area contributed by atoms with Crippen molar-refractivity contribution < 1.29 is 14.7 Å². The van der Waals surface area contributed by atoms with Gasteiger partial charge in [-0.15, -0.1) is 11.3 Å². The van der Waals surface area contributed by atoms with E-state index in [1.807, 2.05) is 6.92 Å². The zero-order valence-corrected chi connectivity index (χ0v) is 15.7. The molecule has 2 aromatic rings. The first-order valence-corrected chi connectivity index (χ1v) is 9.83. The summed E-state index contributed by atoms with van der Waals surface area (Å²) in [5, 5.41) is 12.9. The van der Waals surface area contributed by atoms with E-state index in [9.17, 15) is 14.7 Å². The molecule has 0 radical (unpaired) electrons. The molecule has 1 amide bonds. The molecule has 3 unspecified atom stereocenters. The third-order valence-corrected chi connectivity index (χ3v) is 7.08. The summed E-state index contributed by atoms with van der Waals surface area (Å²) < 4.78 is 0. The fourth-order valence-corrected chi connectivity index (χ4v) is 5.26. The molecule has 1 saturated carbocycles. The quantitative estimate of drug-likeness (QED) is 0.861. The first-order chi connectivity index (χ1) is 12.4. The molecule has 0 saturated heterocycles. The molecule has 2 aliphatic carbocycles. The summed E-state index contributed by atoms with van der Waals surface area (Å²) in [4.78, 5) is 28.6. The van der Waals surface area contributed by atoms with Gasteiger partial charge in [0.2, 0.25) is 5.91 Å². The molecule has 1 aromatic heterocycles. The van der Waals surface area contributed by atoms with Crippen LogP contribution in [-0.4, -0.2) is 22.0 Å². The number of hydrogen-bond acceptors (Lipinski definition) is 4. The lowest BCUT2D eigenvalue weighted by atomic mass is 9.78. The number of aromatic nitrogens is 1. The van der Waals surface area contributed by atoms with E-state index < -0.39 is 5.97 Å². The van der Waals surface area contributed by atoms with Gasteiger partial charge >= 0.3 is 5.97 Å². The van der Waals surface area contributed by atoms with Crippen molar-refractivity contribution in [1.29, 1.82) is 0 Å². The summed E-state index contributed by atoms with van der Waals surface area (Å²) in [5.41, 5.74) is 3.23. The molecule has 2 aliphatic rings. The zero-order chi connectivity index (χ0) is 18.5. The second-order valence-corrected chi connectivity index (χ2v) is 8.46. The highest BCUT2D eigenvalue weighted by atomic mass is 32.1. The van der Waals surface area contributed by atoms with Crippen molar-refractivity contribution in [2.45, 2.75) is 51.0 Å². The highest BCUT2D eigenvalue weighted by Crippen LogP contribution is 2.60. The van der Waals surface area contributed by atoms with Crippen LogP contribution in [0, 0.1) is 12.8 Å². The van der Waals surface area contributed by atoms with Gasteiger partial charge < -0.3 is 10.4 Å². The number of aryl methyl sites for hydroxylation is 2. The number of nitrogens with one attached hydrogen (secondary N) is 1. The SMILES string of the molecule is Cc1nc(C(C)NC(=O)C2CC23CCCc2ccccc23)sc1C(=O)O. The Balaban J connectivity index is 1.49. The van der Waals surface area contributed by atoms with Crippen LogP contribution < -0.4 is 5.32 Å². The van der Waals surface area contributed by atoms with Crippen LogP contribution in [0.2, 0.25) is 0 Å². The average Bonchev–Trinajstić information content (AvgIpc) is 3.18. The normalized spacial score (nSPS) is 24.8. The number of aromatic carboxylic acids is 1. The second-order valence-electron chi connectivity index (χ2n) is 7.43. The molecule has 4 rings (SSSR count). The molecular weight excluding hydrogens is 348 g/mol. The van der Waals surface area contributed by atoms with Crippen molar-refractivity contribution in [1.82, 2.24) is 10.3 Å². The molecule has 5 nitrogen and oxygen atoms in total. The predicted octanol–water partition coefficient (Wildman–Crippen LogP) is 3.62. The van der Waals surface area contributed by atoms with Gasteiger partial charge in [0.25, 0.3) is 0 Å². The van der Waals surface area contributed by atoms with Gasteiger partial charge in [-0.1, -0.05) is 24.3 Å². The number of rotatable bonds is 4. The number of thiazole rings is 1. The summed E-state index contributed by atoms with van der Waals surface area (Å²) in [7, 11) is 0. The molecular formula is C20H22N2O3S. The first-order valence-electron chi connectivity index (χ1n) is 9.02. The van der Waals surface area contributed by atoms with Crippen LogP contribution in [0.1, 0.15) is 63.7 Å². The number of benzene rings is 1. The van der Waals surface area contributed by atoms with Gasteiger partial charge in [-0.3, -0.25) is 4.79 Å². The number of carbonyl (C=O) groups is 2. The van der Waals surface area contributed by atoms with Crippen LogP contribution in [0.5, 0.6) is 0 Å². The Kier molecular flexibility index (Phi) is 4.10. The van der Waals surface area contributed by atoms with Crippen molar-refractivity contribution in [2.75, 3.05) is 0 Å². The van der Waals surface area contributed by atoms with Crippen molar-refractivity contribution in [3.8, 4) is 0 Å². The van der Waals surface area contributed by atoms with E-state index in [0.29, 0.717) is 10.7 Å². The Bertz CT molecular complexity index is 891. The van der Waals surface area contributed by atoms with Gasteiger partial charge in [0.05, 0.1) is 11.7 Å². The number of carbonyl (C=O) groups excluding carboxylic acids is 1. The first kappa shape index (κ1) is 17.2. The minimum absolute atomic E-state index is 0.00364. The minimum atomic E-state index is -0.968. The number of amides is 1. The number of hydrogen-bond donors (Lipinski definition) is 2. The van der Waals surface area contributed by atoms with Crippen LogP contribution in [0.25, 0.3) is 0 Å². The lowest BCUT2D eigenvalue weighted by Gasteiger charge is -2.26. The van der Waals surface area contributed by atoms with Crippen molar-refractivity contribution in [3.63, 3.8) is 0 Å². The van der Waals surface area contributed by atoms with Gasteiger partial charge in [-0.05, 0) is 50.7 Å². The van der Waals surface area contributed by atoms with Crippen LogP contribution in [0.3, 0.4) is 0 Å². The Labute approximate surface area is 156 Å². The van der Waals surface area contributed by atoms with E-state index >= 15 is 0 Å². The predicted molar refractivity (Wildman–Crippen MR) is 99.5 cm³/mol. The maximum Gasteiger partial charge on any atom is 0.347 e. The number of carboxylic acid groups (broad SMARTS) is 1. The average molecular weight is 370 g/mol. The largest absolute Gasteiger partial charge is 0.477 e. The van der Waals surface area contributed by atoms with E-state index in [1.54, 1.807) is 6.92 Å². The molecule has 1 aromatic carbocycles. The monoisotopic (exact) mass is 370 g/mol. The Morgan fingerprint density at radius 2 is 2.15 bits per heavy atom. The molecule has 0 bridgehead atoms. The van der Waals surface area contributed by atoms with Gasteiger partial charge in [0.1, 0.15) is 9.88 Å². The smallest absolute Gasteiger partial charge is 0.347 e. The van der Waals surface area contributed by atoms with Crippen LogP contribution in [0.15, 0.2) is 24.3 Å². The third-order valence-electron chi connectivity index (χ3n) is 5.75. The lowest BCUT2D eigenvalue weighted by molar-refractivity contribution is -0.123.